The van der Waals surface area contributed by atoms with Crippen LogP contribution in [0.5, 0.6) is 0 Å². The number of aliphatic hydroxyl groups is 2. The second-order valence-electron chi connectivity index (χ2n) is 4.70. The van der Waals surface area contributed by atoms with Crippen LogP contribution in [0.25, 0.3) is 0 Å². The lowest BCUT2D eigenvalue weighted by atomic mass is 9.89. The molecular weight excluding hydrogens is 264 g/mol. The number of aliphatic hydroxyl groups excluding tert-OH is 2. The van der Waals surface area contributed by atoms with Crippen molar-refractivity contribution in [1.29, 1.82) is 0 Å². The zero-order valence-electron chi connectivity index (χ0n) is 12.7. The molecule has 0 aliphatic carbocycles. The predicted molar refractivity (Wildman–Crippen MR) is 75.2 cm³/mol. The number of hydrogen-bond acceptors (Lipinski definition) is 6. The first-order chi connectivity index (χ1) is 9.58. The molecule has 0 spiro atoms. The molecule has 0 bridgehead atoms. The van der Waals surface area contributed by atoms with Crippen molar-refractivity contribution in [2.24, 2.45) is 5.92 Å². The van der Waals surface area contributed by atoms with Gasteiger partial charge in [0.25, 0.3) is 0 Å². The van der Waals surface area contributed by atoms with Gasteiger partial charge in [0, 0.05) is 27.4 Å². The van der Waals surface area contributed by atoms with Crippen LogP contribution in [0.4, 0.5) is 0 Å². The Balaban J connectivity index is 4.58. The summed E-state index contributed by atoms with van der Waals surface area (Å²) in [6.45, 7) is 6.28. The van der Waals surface area contributed by atoms with E-state index in [9.17, 15) is 10.2 Å². The van der Waals surface area contributed by atoms with E-state index < -0.39 is 12.2 Å². The lowest BCUT2D eigenvalue weighted by Gasteiger charge is -2.30. The van der Waals surface area contributed by atoms with Gasteiger partial charge in [-0.2, -0.15) is 0 Å². The Kier molecular flexibility index (Phi) is 12.0. The van der Waals surface area contributed by atoms with Crippen LogP contribution < -0.4 is 0 Å². The quantitative estimate of drug-likeness (QED) is 0.299. The van der Waals surface area contributed by atoms with Gasteiger partial charge in [0.1, 0.15) is 19.7 Å². The van der Waals surface area contributed by atoms with Gasteiger partial charge in [0.15, 0.2) is 0 Å². The van der Waals surface area contributed by atoms with Crippen LogP contribution in [0.3, 0.4) is 0 Å². The standard InChI is InChI=1S/C14H28O6/c1-11(2)13(16)14(20-10-18-4)12(5-7-15)6-8-19-9-17-3/h12-16H,1,5-10H2,2-4H3/t12-,13?,14-/m0/s1. The molecule has 0 saturated heterocycles. The van der Waals surface area contributed by atoms with Crippen molar-refractivity contribution in [3.05, 3.63) is 12.2 Å². The lowest BCUT2D eigenvalue weighted by Crippen LogP contribution is -2.38. The van der Waals surface area contributed by atoms with E-state index in [0.717, 1.165) is 0 Å². The van der Waals surface area contributed by atoms with Crippen molar-refractivity contribution in [3.8, 4) is 0 Å². The molecule has 0 rings (SSSR count). The van der Waals surface area contributed by atoms with Crippen LogP contribution in [-0.4, -0.2) is 63.4 Å². The molecule has 0 heterocycles. The van der Waals surface area contributed by atoms with Gasteiger partial charge in [-0.25, -0.2) is 0 Å². The summed E-state index contributed by atoms with van der Waals surface area (Å²) < 4.78 is 20.5. The Morgan fingerprint density at radius 3 is 2.30 bits per heavy atom. The second-order valence-corrected chi connectivity index (χ2v) is 4.70. The first kappa shape index (κ1) is 19.5. The normalized spacial score (nSPS) is 15.8. The van der Waals surface area contributed by atoms with E-state index >= 15 is 0 Å². The van der Waals surface area contributed by atoms with Crippen LogP contribution in [0.2, 0.25) is 0 Å². The summed E-state index contributed by atoms with van der Waals surface area (Å²) in [5.41, 5.74) is 0.617. The van der Waals surface area contributed by atoms with Gasteiger partial charge in [0.2, 0.25) is 0 Å². The summed E-state index contributed by atoms with van der Waals surface area (Å²) >= 11 is 0. The van der Waals surface area contributed by atoms with Gasteiger partial charge in [-0.15, -0.1) is 0 Å². The molecule has 0 aromatic heterocycles. The fraction of sp³-hybridized carbons (Fsp3) is 0.857. The van der Waals surface area contributed by atoms with E-state index in [1.807, 2.05) is 0 Å². The van der Waals surface area contributed by atoms with E-state index in [2.05, 4.69) is 6.58 Å². The van der Waals surface area contributed by atoms with Gasteiger partial charge >= 0.3 is 0 Å². The third kappa shape index (κ3) is 7.94. The maximum Gasteiger partial charge on any atom is 0.146 e. The maximum atomic E-state index is 10.2. The summed E-state index contributed by atoms with van der Waals surface area (Å²) in [6.07, 6.45) is -0.132. The van der Waals surface area contributed by atoms with Crippen LogP contribution in [0.1, 0.15) is 19.8 Å². The van der Waals surface area contributed by atoms with E-state index in [4.69, 9.17) is 18.9 Å². The molecular formula is C14H28O6. The third-order valence-corrected chi connectivity index (χ3v) is 2.99. The first-order valence-electron chi connectivity index (χ1n) is 6.70. The zero-order valence-corrected chi connectivity index (χ0v) is 12.7. The molecule has 0 radical (unpaired) electrons. The predicted octanol–water partition coefficient (Wildman–Crippen LogP) is 0.922. The molecule has 0 aromatic carbocycles. The van der Waals surface area contributed by atoms with E-state index in [0.29, 0.717) is 25.0 Å². The number of ether oxygens (including phenoxy) is 4. The number of hydrogen-bond donors (Lipinski definition) is 2. The monoisotopic (exact) mass is 292 g/mol. The molecule has 6 nitrogen and oxygen atoms in total. The minimum absolute atomic E-state index is 0.0185. The third-order valence-electron chi connectivity index (χ3n) is 2.99. The molecule has 120 valence electrons. The Labute approximate surface area is 121 Å². The lowest BCUT2D eigenvalue weighted by molar-refractivity contribution is -0.132. The average Bonchev–Trinajstić information content (AvgIpc) is 2.43. The Morgan fingerprint density at radius 1 is 1.15 bits per heavy atom. The molecule has 6 heteroatoms. The molecule has 0 aliphatic heterocycles. The minimum Gasteiger partial charge on any atom is -0.396 e. The van der Waals surface area contributed by atoms with Crippen molar-refractivity contribution in [2.75, 3.05) is 41.0 Å². The van der Waals surface area contributed by atoms with Crippen molar-refractivity contribution in [3.63, 3.8) is 0 Å². The zero-order chi connectivity index (χ0) is 15.4. The van der Waals surface area contributed by atoms with Crippen molar-refractivity contribution >= 4 is 0 Å². The van der Waals surface area contributed by atoms with Crippen LogP contribution in [-0.2, 0) is 18.9 Å². The van der Waals surface area contributed by atoms with Crippen molar-refractivity contribution < 1.29 is 29.2 Å². The number of rotatable bonds is 13. The molecule has 0 aromatic rings. The highest BCUT2D eigenvalue weighted by molar-refractivity contribution is 5.02. The average molecular weight is 292 g/mol. The van der Waals surface area contributed by atoms with E-state index in [-0.39, 0.29) is 26.1 Å². The van der Waals surface area contributed by atoms with E-state index in [1.54, 1.807) is 14.0 Å². The first-order valence-corrected chi connectivity index (χ1v) is 6.70. The molecule has 0 amide bonds. The fourth-order valence-corrected chi connectivity index (χ4v) is 1.93. The van der Waals surface area contributed by atoms with Gasteiger partial charge in [0.05, 0.1) is 6.10 Å². The van der Waals surface area contributed by atoms with Crippen LogP contribution >= 0.6 is 0 Å². The fourth-order valence-electron chi connectivity index (χ4n) is 1.93. The summed E-state index contributed by atoms with van der Waals surface area (Å²) in [4.78, 5) is 0. The highest BCUT2D eigenvalue weighted by Gasteiger charge is 2.29. The number of methoxy groups -OCH3 is 2. The van der Waals surface area contributed by atoms with Crippen molar-refractivity contribution in [2.45, 2.75) is 32.0 Å². The van der Waals surface area contributed by atoms with Crippen LogP contribution in [0, 0.1) is 5.92 Å². The summed E-state index contributed by atoms with van der Waals surface area (Å²) in [5, 5.41) is 19.4. The van der Waals surface area contributed by atoms with Crippen LogP contribution in [0.15, 0.2) is 12.2 Å². The molecule has 2 N–H and O–H groups in total. The van der Waals surface area contributed by atoms with Gasteiger partial charge in [-0.1, -0.05) is 6.58 Å². The molecule has 0 saturated carbocycles. The topological polar surface area (TPSA) is 77.4 Å². The molecule has 20 heavy (non-hydrogen) atoms. The van der Waals surface area contributed by atoms with Gasteiger partial charge in [-0.05, 0) is 31.3 Å². The second kappa shape index (κ2) is 12.3. The smallest absolute Gasteiger partial charge is 0.146 e. The molecule has 0 aliphatic rings. The Hall–Kier alpha value is -0.500. The molecule has 3 atom stereocenters. The summed E-state index contributed by atoms with van der Waals surface area (Å²) in [7, 11) is 3.08. The van der Waals surface area contributed by atoms with Crippen molar-refractivity contribution in [1.82, 2.24) is 0 Å². The highest BCUT2D eigenvalue weighted by Crippen LogP contribution is 2.23. The molecule has 1 unspecified atom stereocenters. The maximum absolute atomic E-state index is 10.2. The van der Waals surface area contributed by atoms with Gasteiger partial charge in [-0.3, -0.25) is 0 Å². The largest absolute Gasteiger partial charge is 0.396 e. The molecule has 0 fully saturated rings. The SMILES string of the molecule is C=C(C)C(O)[C@@H](OCOC)[C@@H](CCO)CCOCOC. The summed E-state index contributed by atoms with van der Waals surface area (Å²) in [5.74, 6) is -0.0568. The Morgan fingerprint density at radius 2 is 1.80 bits per heavy atom. The highest BCUT2D eigenvalue weighted by atomic mass is 16.7. The van der Waals surface area contributed by atoms with Gasteiger partial charge < -0.3 is 29.2 Å². The Bertz CT molecular complexity index is 246. The summed E-state index contributed by atoms with van der Waals surface area (Å²) in [6, 6.07) is 0. The minimum atomic E-state index is -0.802. The van der Waals surface area contributed by atoms with E-state index in [1.165, 1.54) is 7.11 Å².